The Morgan fingerprint density at radius 3 is 2.63 bits per heavy atom. The molecule has 0 fully saturated rings. The highest BCUT2D eigenvalue weighted by molar-refractivity contribution is 6.03. The lowest BCUT2D eigenvalue weighted by Crippen LogP contribution is -2.17. The number of esters is 1. The molecule has 1 rings (SSSR count). The normalized spacial score (nSPS) is 16.4. The molecule has 1 aliphatic rings. The van der Waals surface area contributed by atoms with Crippen molar-refractivity contribution < 1.29 is 19.1 Å². The summed E-state index contributed by atoms with van der Waals surface area (Å²) >= 11 is 0. The Kier molecular flexibility index (Phi) is 7.91. The molecule has 0 aromatic heterocycles. The van der Waals surface area contributed by atoms with Crippen molar-refractivity contribution in [2.24, 2.45) is 5.16 Å². The van der Waals surface area contributed by atoms with E-state index in [1.807, 2.05) is 13.8 Å². The predicted molar refractivity (Wildman–Crippen MR) is 75.3 cm³/mol. The summed E-state index contributed by atoms with van der Waals surface area (Å²) in [5.41, 5.74) is 1.15. The van der Waals surface area contributed by atoms with Gasteiger partial charge in [0.2, 0.25) is 0 Å². The standard InChI is InChI=1S/C13H19NO4.ClH/c1-5-17-13(15)11-7-6-10(14-16-4)8-12(11)18-9(2)3;/h6-7,9H,5,8H2,1-4H3;1H. The maximum Gasteiger partial charge on any atom is 0.341 e. The van der Waals surface area contributed by atoms with Crippen LogP contribution in [0.1, 0.15) is 27.2 Å². The summed E-state index contributed by atoms with van der Waals surface area (Å²) < 4.78 is 10.6. The molecular weight excluding hydrogens is 270 g/mol. The number of rotatable bonds is 5. The Hall–Kier alpha value is -1.49. The minimum absolute atomic E-state index is 0. The molecule has 0 heterocycles. The third-order valence-electron chi connectivity index (χ3n) is 2.17. The molecule has 0 bridgehead atoms. The molecule has 1 aliphatic carbocycles. The van der Waals surface area contributed by atoms with Crippen LogP contribution in [0.25, 0.3) is 0 Å². The Morgan fingerprint density at radius 2 is 2.11 bits per heavy atom. The quantitative estimate of drug-likeness (QED) is 0.577. The third kappa shape index (κ3) is 5.34. The van der Waals surface area contributed by atoms with Gasteiger partial charge in [-0.05, 0) is 32.9 Å². The SMILES string of the molecule is CCOC(=O)C1=C(OC(C)C)CC(=NOC)C=C1.Cl. The van der Waals surface area contributed by atoms with Gasteiger partial charge in [-0.25, -0.2) is 4.79 Å². The highest BCUT2D eigenvalue weighted by Crippen LogP contribution is 2.21. The number of carbonyl (C=O) groups excluding carboxylic acids is 1. The van der Waals surface area contributed by atoms with Gasteiger partial charge in [0.15, 0.2) is 0 Å². The number of hydrogen-bond donors (Lipinski definition) is 0. The lowest BCUT2D eigenvalue weighted by atomic mass is 10.0. The topological polar surface area (TPSA) is 57.1 Å². The fourth-order valence-corrected chi connectivity index (χ4v) is 1.55. The van der Waals surface area contributed by atoms with E-state index in [0.29, 0.717) is 30.1 Å². The Bertz CT molecular complexity index is 399. The molecule has 5 nitrogen and oxygen atoms in total. The van der Waals surface area contributed by atoms with E-state index in [1.165, 1.54) is 7.11 Å². The zero-order valence-electron chi connectivity index (χ0n) is 11.6. The Balaban J connectivity index is 0.00000324. The number of allylic oxidation sites excluding steroid dienone is 2. The number of halogens is 1. The van der Waals surface area contributed by atoms with Crippen molar-refractivity contribution >= 4 is 24.1 Å². The molecular formula is C13H20ClNO4. The maximum atomic E-state index is 11.8. The summed E-state index contributed by atoms with van der Waals surface area (Å²) in [4.78, 5) is 16.5. The van der Waals surface area contributed by atoms with Crippen LogP contribution in [0.4, 0.5) is 0 Å². The second-order valence-electron chi connectivity index (χ2n) is 4.00. The summed E-state index contributed by atoms with van der Waals surface area (Å²) in [6, 6.07) is 0. The first-order valence-corrected chi connectivity index (χ1v) is 5.93. The molecule has 108 valence electrons. The molecule has 0 aromatic carbocycles. The molecule has 0 aliphatic heterocycles. The molecule has 0 atom stereocenters. The maximum absolute atomic E-state index is 11.8. The number of hydrogen-bond acceptors (Lipinski definition) is 5. The van der Waals surface area contributed by atoms with E-state index in [1.54, 1.807) is 19.1 Å². The molecule has 0 N–H and O–H groups in total. The van der Waals surface area contributed by atoms with Gasteiger partial charge in [0, 0.05) is 0 Å². The van der Waals surface area contributed by atoms with Crippen molar-refractivity contribution in [2.45, 2.75) is 33.3 Å². The minimum atomic E-state index is -0.374. The predicted octanol–water partition coefficient (Wildman–Crippen LogP) is 2.61. The molecule has 0 saturated heterocycles. The fraction of sp³-hybridized carbons (Fsp3) is 0.538. The van der Waals surface area contributed by atoms with Crippen LogP contribution in [0.15, 0.2) is 28.6 Å². The van der Waals surface area contributed by atoms with Crippen LogP contribution < -0.4 is 0 Å². The zero-order valence-corrected chi connectivity index (χ0v) is 12.5. The highest BCUT2D eigenvalue weighted by Gasteiger charge is 2.21. The minimum Gasteiger partial charge on any atom is -0.494 e. The molecule has 0 unspecified atom stereocenters. The highest BCUT2D eigenvalue weighted by atomic mass is 35.5. The molecule has 6 heteroatoms. The van der Waals surface area contributed by atoms with Crippen LogP contribution in [-0.2, 0) is 19.1 Å². The van der Waals surface area contributed by atoms with E-state index in [2.05, 4.69) is 5.16 Å². The Labute approximate surface area is 119 Å². The van der Waals surface area contributed by atoms with Gasteiger partial charge >= 0.3 is 5.97 Å². The first kappa shape index (κ1) is 17.5. The molecule has 0 saturated carbocycles. The molecule has 0 aromatic rings. The van der Waals surface area contributed by atoms with Gasteiger partial charge in [-0.2, -0.15) is 0 Å². The largest absolute Gasteiger partial charge is 0.494 e. The van der Waals surface area contributed by atoms with Crippen molar-refractivity contribution in [1.82, 2.24) is 0 Å². The summed E-state index contributed by atoms with van der Waals surface area (Å²) in [5, 5.41) is 3.84. The van der Waals surface area contributed by atoms with Crippen molar-refractivity contribution in [3.8, 4) is 0 Å². The van der Waals surface area contributed by atoms with Crippen molar-refractivity contribution in [1.29, 1.82) is 0 Å². The second kappa shape index (κ2) is 8.58. The lowest BCUT2D eigenvalue weighted by molar-refractivity contribution is -0.138. The van der Waals surface area contributed by atoms with Crippen LogP contribution in [0.5, 0.6) is 0 Å². The monoisotopic (exact) mass is 289 g/mol. The summed E-state index contributed by atoms with van der Waals surface area (Å²) in [5.74, 6) is 0.197. The smallest absolute Gasteiger partial charge is 0.341 e. The van der Waals surface area contributed by atoms with Gasteiger partial charge in [0.1, 0.15) is 12.9 Å². The Morgan fingerprint density at radius 1 is 1.42 bits per heavy atom. The van der Waals surface area contributed by atoms with E-state index < -0.39 is 0 Å². The average Bonchev–Trinajstić information content (AvgIpc) is 2.29. The van der Waals surface area contributed by atoms with Gasteiger partial charge in [0.05, 0.1) is 30.4 Å². The summed E-state index contributed by atoms with van der Waals surface area (Å²) in [6.07, 6.45) is 3.79. The number of oxime groups is 1. The number of carbonyl (C=O) groups is 1. The van der Waals surface area contributed by atoms with Crippen molar-refractivity contribution in [3.63, 3.8) is 0 Å². The summed E-state index contributed by atoms with van der Waals surface area (Å²) in [7, 11) is 1.48. The number of nitrogens with zero attached hydrogens (tertiary/aromatic N) is 1. The van der Waals surface area contributed by atoms with E-state index in [4.69, 9.17) is 14.3 Å². The van der Waals surface area contributed by atoms with Crippen LogP contribution >= 0.6 is 12.4 Å². The van der Waals surface area contributed by atoms with Crippen molar-refractivity contribution in [3.05, 3.63) is 23.5 Å². The van der Waals surface area contributed by atoms with Gasteiger partial charge in [-0.1, -0.05) is 5.16 Å². The third-order valence-corrected chi connectivity index (χ3v) is 2.17. The van der Waals surface area contributed by atoms with Crippen LogP contribution in [0.3, 0.4) is 0 Å². The molecule has 0 amide bonds. The van der Waals surface area contributed by atoms with E-state index in [9.17, 15) is 4.79 Å². The lowest BCUT2D eigenvalue weighted by Gasteiger charge is -2.19. The summed E-state index contributed by atoms with van der Waals surface area (Å²) in [6.45, 7) is 5.92. The average molecular weight is 290 g/mol. The van der Waals surface area contributed by atoms with Gasteiger partial charge < -0.3 is 14.3 Å². The van der Waals surface area contributed by atoms with Crippen LogP contribution in [0, 0.1) is 0 Å². The number of ether oxygens (including phenoxy) is 2. The molecule has 19 heavy (non-hydrogen) atoms. The van der Waals surface area contributed by atoms with E-state index in [0.717, 1.165) is 0 Å². The van der Waals surface area contributed by atoms with Gasteiger partial charge in [-0.15, -0.1) is 12.4 Å². The van der Waals surface area contributed by atoms with E-state index in [-0.39, 0.29) is 24.5 Å². The van der Waals surface area contributed by atoms with Crippen LogP contribution in [-0.4, -0.2) is 31.5 Å². The zero-order chi connectivity index (χ0) is 13.5. The molecule has 0 spiro atoms. The van der Waals surface area contributed by atoms with Crippen molar-refractivity contribution in [2.75, 3.05) is 13.7 Å². The first-order chi connectivity index (χ1) is 8.58. The van der Waals surface area contributed by atoms with Crippen LogP contribution in [0.2, 0.25) is 0 Å². The van der Waals surface area contributed by atoms with Gasteiger partial charge in [-0.3, -0.25) is 0 Å². The van der Waals surface area contributed by atoms with E-state index >= 15 is 0 Å². The fourth-order valence-electron chi connectivity index (χ4n) is 1.55. The molecule has 0 radical (unpaired) electrons. The second-order valence-corrected chi connectivity index (χ2v) is 4.00. The van der Waals surface area contributed by atoms with Gasteiger partial charge in [0.25, 0.3) is 0 Å². The first-order valence-electron chi connectivity index (χ1n) is 5.93.